The van der Waals surface area contributed by atoms with Gasteiger partial charge >= 0.3 is 0 Å². The van der Waals surface area contributed by atoms with Gasteiger partial charge in [-0.05, 0) is 30.2 Å². The molecule has 0 amide bonds. The zero-order chi connectivity index (χ0) is 11.0. The molecule has 0 saturated carbocycles. The molecule has 2 N–H and O–H groups in total. The Hall–Kier alpha value is -1.84. The van der Waals surface area contributed by atoms with Gasteiger partial charge in [0.2, 0.25) is 0 Å². The number of nitrogens with zero attached hydrogens (tertiary/aromatic N) is 2. The first-order valence-electron chi connectivity index (χ1n) is 4.63. The summed E-state index contributed by atoms with van der Waals surface area (Å²) in [5.41, 5.74) is 8.21. The van der Waals surface area contributed by atoms with Gasteiger partial charge in [-0.2, -0.15) is 5.10 Å². The minimum Gasteiger partial charge on any atom is -0.383 e. The standard InChI is InChI=1S/C11H12FN3/c1-7-3-8(5-9(12)4-7)10-6-14-15(2)11(10)13/h3-6H,13H2,1-2H3. The van der Waals surface area contributed by atoms with Crippen LogP contribution < -0.4 is 5.73 Å². The second-order valence-electron chi connectivity index (χ2n) is 3.58. The van der Waals surface area contributed by atoms with Gasteiger partial charge in [0.05, 0.1) is 6.20 Å². The summed E-state index contributed by atoms with van der Waals surface area (Å²) in [6.45, 7) is 1.85. The number of aryl methyl sites for hydroxylation is 2. The Balaban J connectivity index is 2.58. The van der Waals surface area contributed by atoms with E-state index in [2.05, 4.69) is 5.10 Å². The Bertz CT molecular complexity index is 482. The fraction of sp³-hybridized carbons (Fsp3) is 0.182. The minimum atomic E-state index is -0.256. The third kappa shape index (κ3) is 1.70. The molecule has 0 spiro atoms. The molecule has 2 aromatic rings. The lowest BCUT2D eigenvalue weighted by atomic mass is 10.1. The summed E-state index contributed by atoms with van der Waals surface area (Å²) >= 11 is 0. The second-order valence-corrected chi connectivity index (χ2v) is 3.58. The van der Waals surface area contributed by atoms with Gasteiger partial charge in [0, 0.05) is 12.6 Å². The summed E-state index contributed by atoms with van der Waals surface area (Å²) in [5.74, 6) is 0.285. The molecule has 1 aromatic carbocycles. The van der Waals surface area contributed by atoms with Crippen LogP contribution in [-0.2, 0) is 7.05 Å². The van der Waals surface area contributed by atoms with Crippen molar-refractivity contribution in [2.45, 2.75) is 6.92 Å². The fourth-order valence-corrected chi connectivity index (χ4v) is 1.56. The highest BCUT2D eigenvalue weighted by Gasteiger charge is 2.08. The van der Waals surface area contributed by atoms with Crippen molar-refractivity contribution in [2.24, 2.45) is 7.05 Å². The van der Waals surface area contributed by atoms with E-state index in [0.717, 1.165) is 16.7 Å². The van der Waals surface area contributed by atoms with Gasteiger partial charge in [0.1, 0.15) is 11.6 Å². The minimum absolute atomic E-state index is 0.256. The number of rotatable bonds is 1. The summed E-state index contributed by atoms with van der Waals surface area (Å²) in [7, 11) is 1.75. The third-order valence-electron chi connectivity index (χ3n) is 2.34. The van der Waals surface area contributed by atoms with Crippen LogP contribution in [0.4, 0.5) is 10.2 Å². The maximum Gasteiger partial charge on any atom is 0.129 e. The van der Waals surface area contributed by atoms with E-state index in [9.17, 15) is 4.39 Å². The maximum absolute atomic E-state index is 13.2. The van der Waals surface area contributed by atoms with Gasteiger partial charge in [0.15, 0.2) is 0 Å². The summed E-state index contributed by atoms with van der Waals surface area (Å²) < 4.78 is 14.7. The zero-order valence-electron chi connectivity index (χ0n) is 8.66. The van der Waals surface area contributed by atoms with E-state index in [1.165, 1.54) is 12.1 Å². The largest absolute Gasteiger partial charge is 0.383 e. The normalized spacial score (nSPS) is 10.6. The predicted octanol–water partition coefficient (Wildman–Crippen LogP) is 2.12. The van der Waals surface area contributed by atoms with Crippen LogP contribution in [0.1, 0.15) is 5.56 Å². The van der Waals surface area contributed by atoms with Gasteiger partial charge in [-0.25, -0.2) is 4.39 Å². The van der Waals surface area contributed by atoms with E-state index in [0.29, 0.717) is 5.82 Å². The van der Waals surface area contributed by atoms with E-state index >= 15 is 0 Å². The average molecular weight is 205 g/mol. The van der Waals surface area contributed by atoms with E-state index < -0.39 is 0 Å². The Morgan fingerprint density at radius 2 is 2.07 bits per heavy atom. The molecule has 2 rings (SSSR count). The second kappa shape index (κ2) is 3.38. The molecule has 0 atom stereocenters. The maximum atomic E-state index is 13.2. The Kier molecular flexibility index (Phi) is 2.19. The number of hydrogen-bond donors (Lipinski definition) is 1. The van der Waals surface area contributed by atoms with Crippen molar-refractivity contribution in [1.82, 2.24) is 9.78 Å². The summed E-state index contributed by atoms with van der Waals surface area (Å²) in [4.78, 5) is 0. The molecule has 0 aliphatic heterocycles. The summed E-state index contributed by atoms with van der Waals surface area (Å²) in [6.07, 6.45) is 1.64. The monoisotopic (exact) mass is 205 g/mol. The zero-order valence-corrected chi connectivity index (χ0v) is 8.66. The van der Waals surface area contributed by atoms with Crippen molar-refractivity contribution in [1.29, 1.82) is 0 Å². The van der Waals surface area contributed by atoms with Crippen molar-refractivity contribution in [3.05, 3.63) is 35.8 Å². The molecule has 78 valence electrons. The number of hydrogen-bond acceptors (Lipinski definition) is 2. The van der Waals surface area contributed by atoms with Crippen LogP contribution in [0.2, 0.25) is 0 Å². The van der Waals surface area contributed by atoms with Crippen molar-refractivity contribution in [3.8, 4) is 11.1 Å². The van der Waals surface area contributed by atoms with Crippen molar-refractivity contribution >= 4 is 5.82 Å². The molecule has 0 aliphatic rings. The quantitative estimate of drug-likeness (QED) is 0.774. The molecular formula is C11H12FN3. The molecule has 0 saturated heterocycles. The molecule has 15 heavy (non-hydrogen) atoms. The molecule has 1 heterocycles. The van der Waals surface area contributed by atoms with Crippen LogP contribution in [-0.4, -0.2) is 9.78 Å². The summed E-state index contributed by atoms with van der Waals surface area (Å²) in [5, 5.41) is 4.02. The van der Waals surface area contributed by atoms with Gasteiger partial charge in [-0.1, -0.05) is 6.07 Å². The predicted molar refractivity (Wildman–Crippen MR) is 57.8 cm³/mol. The molecule has 0 unspecified atom stereocenters. The van der Waals surface area contributed by atoms with Gasteiger partial charge in [-0.3, -0.25) is 4.68 Å². The first-order valence-corrected chi connectivity index (χ1v) is 4.63. The fourth-order valence-electron chi connectivity index (χ4n) is 1.56. The molecule has 0 bridgehead atoms. The van der Waals surface area contributed by atoms with Gasteiger partial charge in [0.25, 0.3) is 0 Å². The molecule has 1 aromatic heterocycles. The van der Waals surface area contributed by atoms with E-state index in [4.69, 9.17) is 5.73 Å². The highest BCUT2D eigenvalue weighted by atomic mass is 19.1. The van der Waals surface area contributed by atoms with Crippen LogP contribution in [0.15, 0.2) is 24.4 Å². The van der Waals surface area contributed by atoms with Gasteiger partial charge in [-0.15, -0.1) is 0 Å². The molecular weight excluding hydrogens is 193 g/mol. The average Bonchev–Trinajstić information content (AvgIpc) is 2.46. The van der Waals surface area contributed by atoms with E-state index in [1.807, 2.05) is 13.0 Å². The lowest BCUT2D eigenvalue weighted by molar-refractivity contribution is 0.627. The number of halogens is 1. The molecule has 0 aliphatic carbocycles. The van der Waals surface area contributed by atoms with Crippen LogP contribution in [0.5, 0.6) is 0 Å². The number of benzene rings is 1. The van der Waals surface area contributed by atoms with Crippen molar-refractivity contribution in [3.63, 3.8) is 0 Å². The first-order chi connectivity index (χ1) is 7.08. The summed E-state index contributed by atoms with van der Waals surface area (Å²) in [6, 6.07) is 4.83. The van der Waals surface area contributed by atoms with Crippen molar-refractivity contribution < 1.29 is 4.39 Å². The third-order valence-corrected chi connectivity index (χ3v) is 2.34. The Morgan fingerprint density at radius 1 is 1.33 bits per heavy atom. The number of aromatic nitrogens is 2. The van der Waals surface area contributed by atoms with Crippen LogP contribution in [0, 0.1) is 12.7 Å². The lowest BCUT2D eigenvalue weighted by Gasteiger charge is -2.02. The van der Waals surface area contributed by atoms with Gasteiger partial charge < -0.3 is 5.73 Å². The topological polar surface area (TPSA) is 43.8 Å². The Morgan fingerprint density at radius 3 is 2.60 bits per heavy atom. The molecule has 3 nitrogen and oxygen atoms in total. The highest BCUT2D eigenvalue weighted by molar-refractivity contribution is 5.73. The van der Waals surface area contributed by atoms with E-state index in [1.54, 1.807) is 17.9 Å². The number of anilines is 1. The number of nitrogens with two attached hydrogens (primary N) is 1. The lowest BCUT2D eigenvalue weighted by Crippen LogP contribution is -1.98. The first kappa shape index (κ1) is 9.71. The van der Waals surface area contributed by atoms with E-state index in [-0.39, 0.29) is 5.82 Å². The molecule has 0 fully saturated rings. The van der Waals surface area contributed by atoms with Crippen molar-refractivity contribution in [2.75, 3.05) is 5.73 Å². The number of nitrogen functional groups attached to an aromatic ring is 1. The SMILES string of the molecule is Cc1cc(F)cc(-c2cnn(C)c2N)c1. The van der Waals surface area contributed by atoms with Crippen LogP contribution in [0.25, 0.3) is 11.1 Å². The Labute approximate surface area is 87.3 Å². The van der Waals surface area contributed by atoms with Crippen LogP contribution >= 0.6 is 0 Å². The smallest absolute Gasteiger partial charge is 0.129 e. The van der Waals surface area contributed by atoms with Crippen LogP contribution in [0.3, 0.4) is 0 Å². The molecule has 0 radical (unpaired) electrons. The molecule has 4 heteroatoms. The highest BCUT2D eigenvalue weighted by Crippen LogP contribution is 2.26.